The van der Waals surface area contributed by atoms with E-state index in [1.54, 1.807) is 40.0 Å². The summed E-state index contributed by atoms with van der Waals surface area (Å²) in [4.78, 5) is 23.9. The maximum Gasteiger partial charge on any atom is 0.408 e. The van der Waals surface area contributed by atoms with Crippen LogP contribution in [-0.4, -0.2) is 35.9 Å². The SMILES string of the molecule is COc1ccc(CC(NC(=O)OC(C)(C)C)C(=O)O)cc1COc1cc(C)ccc1C(C)(C)C. The number of ether oxygens (including phenoxy) is 3. The highest BCUT2D eigenvalue weighted by molar-refractivity contribution is 5.80. The fraction of sp³-hybridized carbons (Fsp3) is 0.481. The fourth-order valence-corrected chi connectivity index (χ4v) is 3.48. The fourth-order valence-electron chi connectivity index (χ4n) is 3.48. The van der Waals surface area contributed by atoms with Crippen molar-refractivity contribution in [1.29, 1.82) is 0 Å². The predicted octanol–water partition coefficient (Wildman–Crippen LogP) is 5.40. The van der Waals surface area contributed by atoms with Crippen molar-refractivity contribution in [2.24, 2.45) is 0 Å². The van der Waals surface area contributed by atoms with Gasteiger partial charge in [-0.3, -0.25) is 0 Å². The minimum atomic E-state index is -1.14. The van der Waals surface area contributed by atoms with Gasteiger partial charge in [0.15, 0.2) is 0 Å². The normalized spacial score (nSPS) is 12.6. The first kappa shape index (κ1) is 27.0. The Balaban J connectivity index is 2.24. The molecule has 0 saturated carbocycles. The number of carbonyl (C=O) groups excluding carboxylic acids is 1. The minimum Gasteiger partial charge on any atom is -0.496 e. The zero-order valence-corrected chi connectivity index (χ0v) is 21.4. The van der Waals surface area contributed by atoms with Crippen LogP contribution in [0.4, 0.5) is 4.79 Å². The Labute approximate surface area is 202 Å². The van der Waals surface area contributed by atoms with Gasteiger partial charge >= 0.3 is 12.1 Å². The second-order valence-electron chi connectivity index (χ2n) is 10.4. The molecule has 2 aromatic carbocycles. The molecule has 0 aromatic heterocycles. The van der Waals surface area contributed by atoms with Crippen molar-refractivity contribution >= 4 is 12.1 Å². The standard InChI is InChI=1S/C27H37NO6/c1-17-9-11-20(26(2,3)4)23(13-17)33-16-19-14-18(10-12-22(19)32-8)15-21(24(29)30)28-25(31)34-27(5,6)7/h9-14,21H,15-16H2,1-8H3,(H,28,31)(H,29,30). The first-order chi connectivity index (χ1) is 15.7. The monoisotopic (exact) mass is 471 g/mol. The number of amides is 1. The summed E-state index contributed by atoms with van der Waals surface area (Å²) in [6, 6.07) is 10.4. The molecule has 0 heterocycles. The van der Waals surface area contributed by atoms with E-state index in [9.17, 15) is 14.7 Å². The van der Waals surface area contributed by atoms with E-state index >= 15 is 0 Å². The molecule has 0 spiro atoms. The van der Waals surface area contributed by atoms with Gasteiger partial charge in [0.05, 0.1) is 7.11 Å². The maximum absolute atomic E-state index is 12.1. The Morgan fingerprint density at radius 3 is 2.24 bits per heavy atom. The van der Waals surface area contributed by atoms with E-state index in [2.05, 4.69) is 38.2 Å². The Morgan fingerprint density at radius 1 is 1.00 bits per heavy atom. The van der Waals surface area contributed by atoms with Crippen LogP contribution in [0.3, 0.4) is 0 Å². The molecule has 1 atom stereocenters. The number of alkyl carbamates (subject to hydrolysis) is 1. The lowest BCUT2D eigenvalue weighted by Gasteiger charge is -2.24. The van der Waals surface area contributed by atoms with Crippen molar-refractivity contribution in [3.05, 3.63) is 58.7 Å². The molecule has 2 N–H and O–H groups in total. The van der Waals surface area contributed by atoms with Crippen LogP contribution in [0.25, 0.3) is 0 Å². The van der Waals surface area contributed by atoms with Crippen molar-refractivity contribution < 1.29 is 28.9 Å². The van der Waals surface area contributed by atoms with Gasteiger partial charge < -0.3 is 24.6 Å². The van der Waals surface area contributed by atoms with E-state index in [1.165, 1.54) is 0 Å². The number of rotatable bonds is 8. The number of hydrogen-bond donors (Lipinski definition) is 2. The van der Waals surface area contributed by atoms with Crippen LogP contribution in [0.15, 0.2) is 36.4 Å². The van der Waals surface area contributed by atoms with E-state index in [0.717, 1.165) is 28.0 Å². The largest absolute Gasteiger partial charge is 0.496 e. The molecular formula is C27H37NO6. The van der Waals surface area contributed by atoms with Crippen molar-refractivity contribution in [2.45, 2.75) is 78.6 Å². The number of aliphatic carboxylic acids is 1. The molecule has 7 heteroatoms. The summed E-state index contributed by atoms with van der Waals surface area (Å²) >= 11 is 0. The number of carbonyl (C=O) groups is 2. The summed E-state index contributed by atoms with van der Waals surface area (Å²) in [5.41, 5.74) is 2.89. The predicted molar refractivity (Wildman–Crippen MR) is 132 cm³/mol. The molecule has 0 fully saturated rings. The summed E-state index contributed by atoms with van der Waals surface area (Å²) in [5.74, 6) is 0.296. The minimum absolute atomic E-state index is 0.0863. The molecule has 0 aliphatic heterocycles. The van der Waals surface area contributed by atoms with Crippen LogP contribution in [0, 0.1) is 6.92 Å². The lowest BCUT2D eigenvalue weighted by molar-refractivity contribution is -0.139. The lowest BCUT2D eigenvalue weighted by atomic mass is 9.86. The van der Waals surface area contributed by atoms with Crippen molar-refractivity contribution in [3.8, 4) is 11.5 Å². The van der Waals surface area contributed by atoms with E-state index < -0.39 is 23.7 Å². The molecule has 2 aromatic rings. The summed E-state index contributed by atoms with van der Waals surface area (Å²) in [6.45, 7) is 13.8. The first-order valence-corrected chi connectivity index (χ1v) is 11.3. The molecule has 0 aliphatic carbocycles. The second kappa shape index (κ2) is 10.8. The second-order valence-corrected chi connectivity index (χ2v) is 10.4. The van der Waals surface area contributed by atoms with E-state index in [-0.39, 0.29) is 18.4 Å². The van der Waals surface area contributed by atoms with Gasteiger partial charge in [-0.15, -0.1) is 0 Å². The van der Waals surface area contributed by atoms with E-state index in [0.29, 0.717) is 5.75 Å². The van der Waals surface area contributed by atoms with Gasteiger partial charge in [0.25, 0.3) is 0 Å². The molecule has 1 amide bonds. The third kappa shape index (κ3) is 7.97. The molecule has 2 rings (SSSR count). The summed E-state index contributed by atoms with van der Waals surface area (Å²) in [5, 5.41) is 12.1. The number of aryl methyl sites for hydroxylation is 1. The van der Waals surface area contributed by atoms with Crippen molar-refractivity contribution in [1.82, 2.24) is 5.32 Å². The molecule has 0 aliphatic rings. The Kier molecular flexibility index (Phi) is 8.59. The molecule has 186 valence electrons. The highest BCUT2D eigenvalue weighted by Crippen LogP contribution is 2.33. The van der Waals surface area contributed by atoms with Crippen LogP contribution in [-0.2, 0) is 28.0 Å². The van der Waals surface area contributed by atoms with Gasteiger partial charge in [-0.05, 0) is 68.0 Å². The number of methoxy groups -OCH3 is 1. The molecule has 0 saturated heterocycles. The number of carboxylic acid groups (broad SMARTS) is 1. The quantitative estimate of drug-likeness (QED) is 0.535. The van der Waals surface area contributed by atoms with Gasteiger partial charge in [-0.25, -0.2) is 9.59 Å². The zero-order valence-electron chi connectivity index (χ0n) is 21.4. The first-order valence-electron chi connectivity index (χ1n) is 11.3. The average Bonchev–Trinajstić information content (AvgIpc) is 2.69. The Hall–Kier alpha value is -3.22. The van der Waals surface area contributed by atoms with Crippen LogP contribution >= 0.6 is 0 Å². The maximum atomic E-state index is 12.1. The molecule has 0 radical (unpaired) electrons. The number of hydrogen-bond acceptors (Lipinski definition) is 5. The lowest BCUT2D eigenvalue weighted by Crippen LogP contribution is -2.44. The van der Waals surface area contributed by atoms with Crippen LogP contribution in [0.1, 0.15) is 63.8 Å². The van der Waals surface area contributed by atoms with Gasteiger partial charge in [0.2, 0.25) is 0 Å². The van der Waals surface area contributed by atoms with Crippen molar-refractivity contribution in [2.75, 3.05) is 7.11 Å². The van der Waals surface area contributed by atoms with Crippen molar-refractivity contribution in [3.63, 3.8) is 0 Å². The highest BCUT2D eigenvalue weighted by Gasteiger charge is 2.25. The van der Waals surface area contributed by atoms with Crippen LogP contribution in [0.5, 0.6) is 11.5 Å². The molecule has 7 nitrogen and oxygen atoms in total. The van der Waals surface area contributed by atoms with Crippen LogP contribution in [0.2, 0.25) is 0 Å². The van der Waals surface area contributed by atoms with Gasteiger partial charge in [0.1, 0.15) is 29.7 Å². The van der Waals surface area contributed by atoms with E-state index in [4.69, 9.17) is 14.2 Å². The summed E-state index contributed by atoms with van der Waals surface area (Å²) < 4.78 is 16.9. The summed E-state index contributed by atoms with van der Waals surface area (Å²) in [7, 11) is 1.58. The third-order valence-electron chi connectivity index (χ3n) is 5.10. The molecule has 1 unspecified atom stereocenters. The summed E-state index contributed by atoms with van der Waals surface area (Å²) in [6.07, 6.45) is -0.686. The van der Waals surface area contributed by atoms with Gasteiger partial charge in [-0.1, -0.05) is 39.0 Å². The Bertz CT molecular complexity index is 1020. The van der Waals surface area contributed by atoms with Gasteiger partial charge in [-0.2, -0.15) is 0 Å². The van der Waals surface area contributed by atoms with Crippen LogP contribution < -0.4 is 14.8 Å². The number of benzene rings is 2. The number of nitrogens with one attached hydrogen (secondary N) is 1. The zero-order chi connectivity index (χ0) is 25.7. The number of carboxylic acids is 1. The van der Waals surface area contributed by atoms with E-state index in [1.807, 2.05) is 19.1 Å². The topological polar surface area (TPSA) is 94.1 Å². The smallest absolute Gasteiger partial charge is 0.408 e. The molecule has 0 bridgehead atoms. The highest BCUT2D eigenvalue weighted by atomic mass is 16.6. The third-order valence-corrected chi connectivity index (χ3v) is 5.10. The van der Waals surface area contributed by atoms with Gasteiger partial charge in [0, 0.05) is 12.0 Å². The molecular weight excluding hydrogens is 434 g/mol. The Morgan fingerprint density at radius 2 is 1.68 bits per heavy atom. The average molecular weight is 472 g/mol. The molecule has 34 heavy (non-hydrogen) atoms.